The van der Waals surface area contributed by atoms with Crippen LogP contribution in [0.1, 0.15) is 10.4 Å². The average molecular weight is 177 g/mol. The summed E-state index contributed by atoms with van der Waals surface area (Å²) < 4.78 is 0. The van der Waals surface area contributed by atoms with Gasteiger partial charge in [0, 0.05) is 29.6 Å². The molecule has 0 amide bonds. The number of carbonyl (C=O) groups is 1. The van der Waals surface area contributed by atoms with E-state index >= 15 is 0 Å². The minimum absolute atomic E-state index is 0. The molecule has 1 rings (SSSR count). The number of carboxylic acid groups (broad SMARTS) is 1. The van der Waals surface area contributed by atoms with Crippen LogP contribution in [0.2, 0.25) is 0 Å². The zero-order valence-electron chi connectivity index (χ0n) is 6.48. The number of hydrogen-bond donors (Lipinski definition) is 3. The smallest absolute Gasteiger partial charge is 0.343 e. The Bertz CT molecular complexity index is 277. The van der Waals surface area contributed by atoms with Crippen molar-refractivity contribution in [1.29, 1.82) is 0 Å². The van der Waals surface area contributed by atoms with Crippen molar-refractivity contribution >= 4 is 35.5 Å². The van der Waals surface area contributed by atoms with Crippen molar-refractivity contribution < 1.29 is 20.1 Å². The number of aromatic hydroxyl groups is 2. The zero-order valence-corrected chi connectivity index (χ0v) is 8.48. The van der Waals surface area contributed by atoms with Gasteiger partial charge in [0.05, 0.1) is 0 Å². The van der Waals surface area contributed by atoms with Gasteiger partial charge in [0.1, 0.15) is 17.1 Å². The minimum Gasteiger partial charge on any atom is -0.507 e. The van der Waals surface area contributed by atoms with Crippen molar-refractivity contribution in [2.75, 3.05) is 0 Å². The molecule has 0 saturated carbocycles. The molecule has 0 bridgehead atoms. The number of benzene rings is 1. The molecule has 3 N–H and O–H groups in total. The first-order valence-electron chi connectivity index (χ1n) is 2.87. The third-order valence-corrected chi connectivity index (χ3v) is 1.23. The summed E-state index contributed by atoms with van der Waals surface area (Å²) in [5, 5.41) is 26.3. The van der Waals surface area contributed by atoms with Crippen LogP contribution >= 0.6 is 0 Å². The van der Waals surface area contributed by atoms with Gasteiger partial charge in [-0.25, -0.2) is 4.79 Å². The summed E-state index contributed by atoms with van der Waals surface area (Å²) in [6.07, 6.45) is 0. The van der Waals surface area contributed by atoms with E-state index in [2.05, 4.69) is 0 Å². The number of aromatic carboxylic acids is 1. The third-order valence-electron chi connectivity index (χ3n) is 1.23. The van der Waals surface area contributed by atoms with Gasteiger partial charge in [-0.3, -0.25) is 0 Å². The Labute approximate surface area is 90.8 Å². The van der Waals surface area contributed by atoms with Gasteiger partial charge in [0.2, 0.25) is 0 Å². The zero-order chi connectivity index (χ0) is 8.43. The van der Waals surface area contributed by atoms with E-state index < -0.39 is 23.0 Å². The van der Waals surface area contributed by atoms with Crippen LogP contribution in [0.25, 0.3) is 0 Å². The SMILES string of the molecule is O=C(O)c1c(O)cccc1O.[Na]. The molecule has 0 aliphatic carbocycles. The summed E-state index contributed by atoms with van der Waals surface area (Å²) in [5.41, 5.74) is -0.465. The van der Waals surface area contributed by atoms with Gasteiger partial charge in [-0.05, 0) is 12.1 Å². The summed E-state index contributed by atoms with van der Waals surface area (Å²) in [4.78, 5) is 10.3. The molecule has 1 radical (unpaired) electrons. The fourth-order valence-electron chi connectivity index (χ4n) is 0.747. The number of phenols is 2. The Morgan fingerprint density at radius 1 is 1.17 bits per heavy atom. The first-order chi connectivity index (χ1) is 5.13. The Morgan fingerprint density at radius 2 is 1.58 bits per heavy atom. The van der Waals surface area contributed by atoms with Crippen molar-refractivity contribution in [3.8, 4) is 11.5 Å². The van der Waals surface area contributed by atoms with Crippen LogP contribution in [-0.2, 0) is 0 Å². The van der Waals surface area contributed by atoms with E-state index in [9.17, 15) is 4.79 Å². The van der Waals surface area contributed by atoms with E-state index in [-0.39, 0.29) is 29.6 Å². The molecule has 0 fully saturated rings. The fraction of sp³-hybridized carbons (Fsp3) is 0. The normalized spacial score (nSPS) is 8.67. The Morgan fingerprint density at radius 3 is 1.83 bits per heavy atom. The van der Waals surface area contributed by atoms with Crippen LogP contribution in [0.5, 0.6) is 11.5 Å². The number of carboxylic acids is 1. The third kappa shape index (κ3) is 2.14. The minimum atomic E-state index is -1.35. The first kappa shape index (κ1) is 11.3. The van der Waals surface area contributed by atoms with Crippen molar-refractivity contribution in [2.45, 2.75) is 0 Å². The summed E-state index contributed by atoms with van der Waals surface area (Å²) in [7, 11) is 0. The second-order valence-corrected chi connectivity index (χ2v) is 1.98. The predicted octanol–water partition coefficient (Wildman–Crippen LogP) is 0.415. The molecule has 1 aromatic carbocycles. The van der Waals surface area contributed by atoms with Crippen LogP contribution in [-0.4, -0.2) is 50.8 Å². The molecule has 0 heterocycles. The molecule has 1 aromatic rings. The molecule has 0 atom stereocenters. The molecule has 0 saturated heterocycles. The number of rotatable bonds is 1. The molecular formula is C7H6NaO4. The van der Waals surface area contributed by atoms with Gasteiger partial charge in [0.25, 0.3) is 0 Å². The molecule has 12 heavy (non-hydrogen) atoms. The largest absolute Gasteiger partial charge is 0.507 e. The van der Waals surface area contributed by atoms with Gasteiger partial charge in [-0.2, -0.15) is 0 Å². The van der Waals surface area contributed by atoms with Crippen LogP contribution in [0.4, 0.5) is 0 Å². The molecule has 0 unspecified atom stereocenters. The topological polar surface area (TPSA) is 77.8 Å². The molecule has 0 spiro atoms. The second-order valence-electron chi connectivity index (χ2n) is 1.98. The first-order valence-corrected chi connectivity index (χ1v) is 2.87. The van der Waals surface area contributed by atoms with Gasteiger partial charge in [-0.15, -0.1) is 0 Å². The van der Waals surface area contributed by atoms with Crippen LogP contribution in [0.15, 0.2) is 18.2 Å². The van der Waals surface area contributed by atoms with E-state index in [4.69, 9.17) is 15.3 Å². The van der Waals surface area contributed by atoms with E-state index in [0.29, 0.717) is 0 Å². The second kappa shape index (κ2) is 4.35. The summed E-state index contributed by atoms with van der Waals surface area (Å²) in [5.74, 6) is -2.21. The number of hydrogen-bond acceptors (Lipinski definition) is 3. The summed E-state index contributed by atoms with van der Waals surface area (Å²) in [6, 6.07) is 3.75. The molecular weight excluding hydrogens is 171 g/mol. The van der Waals surface area contributed by atoms with Crippen molar-refractivity contribution in [3.05, 3.63) is 23.8 Å². The van der Waals surface area contributed by atoms with E-state index in [1.165, 1.54) is 18.2 Å². The van der Waals surface area contributed by atoms with Gasteiger partial charge >= 0.3 is 5.97 Å². The van der Waals surface area contributed by atoms with Crippen molar-refractivity contribution in [3.63, 3.8) is 0 Å². The maximum absolute atomic E-state index is 10.3. The molecule has 5 heteroatoms. The Balaban J connectivity index is 0.00000121. The predicted molar refractivity (Wildman–Crippen MR) is 42.5 cm³/mol. The van der Waals surface area contributed by atoms with E-state index in [1.54, 1.807) is 0 Å². The van der Waals surface area contributed by atoms with Crippen LogP contribution < -0.4 is 0 Å². The molecule has 0 aromatic heterocycles. The molecule has 0 aliphatic rings. The van der Waals surface area contributed by atoms with Gasteiger partial charge in [0.15, 0.2) is 0 Å². The van der Waals surface area contributed by atoms with Gasteiger partial charge < -0.3 is 15.3 Å². The standard InChI is InChI=1S/C7H6O4.Na/c8-4-2-1-3-5(9)6(4)7(10)11;/h1-3,8-9H,(H,10,11);. The monoisotopic (exact) mass is 177 g/mol. The molecule has 4 nitrogen and oxygen atoms in total. The Kier molecular flexibility index (Phi) is 4.09. The van der Waals surface area contributed by atoms with Crippen molar-refractivity contribution in [1.82, 2.24) is 0 Å². The van der Waals surface area contributed by atoms with Crippen molar-refractivity contribution in [2.24, 2.45) is 0 Å². The summed E-state index contributed by atoms with van der Waals surface area (Å²) >= 11 is 0. The van der Waals surface area contributed by atoms with E-state index in [1.807, 2.05) is 0 Å². The Hall–Kier alpha value is -0.710. The quantitative estimate of drug-likeness (QED) is 0.543. The summed E-state index contributed by atoms with van der Waals surface area (Å²) in [6.45, 7) is 0. The van der Waals surface area contributed by atoms with Crippen LogP contribution in [0.3, 0.4) is 0 Å². The maximum Gasteiger partial charge on any atom is 0.343 e. The van der Waals surface area contributed by atoms with E-state index in [0.717, 1.165) is 0 Å². The fourth-order valence-corrected chi connectivity index (χ4v) is 0.747. The maximum atomic E-state index is 10.3. The van der Waals surface area contributed by atoms with Crippen LogP contribution in [0, 0.1) is 0 Å². The van der Waals surface area contributed by atoms with Gasteiger partial charge in [-0.1, -0.05) is 6.07 Å². The molecule has 59 valence electrons. The average Bonchev–Trinajstić information content (AvgIpc) is 1.85. The molecule has 0 aliphatic heterocycles.